The van der Waals surface area contributed by atoms with E-state index in [1.54, 1.807) is 0 Å². The molecular weight excluding hydrogens is 196 g/mol. The van der Waals surface area contributed by atoms with Gasteiger partial charge < -0.3 is 5.11 Å². The van der Waals surface area contributed by atoms with Crippen molar-refractivity contribution in [2.75, 3.05) is 6.61 Å². The van der Waals surface area contributed by atoms with Crippen LogP contribution in [0.3, 0.4) is 0 Å². The van der Waals surface area contributed by atoms with Crippen molar-refractivity contribution in [2.24, 2.45) is 0 Å². The normalized spacial score (nSPS) is 13.9. The number of benzene rings is 1. The minimum Gasteiger partial charge on any atom is -0.396 e. The third-order valence-electron chi connectivity index (χ3n) is 3.13. The summed E-state index contributed by atoms with van der Waals surface area (Å²) in [6, 6.07) is 6.74. The predicted molar refractivity (Wildman–Crippen MR) is 70.0 cm³/mol. The van der Waals surface area contributed by atoms with Crippen LogP contribution in [0.15, 0.2) is 18.2 Å². The van der Waals surface area contributed by atoms with Gasteiger partial charge in [-0.15, -0.1) is 0 Å². The van der Waals surface area contributed by atoms with Crippen LogP contribution in [0.1, 0.15) is 57.2 Å². The number of hydrogen-bond acceptors (Lipinski definition) is 1. The van der Waals surface area contributed by atoms with Crippen molar-refractivity contribution in [3.63, 3.8) is 0 Å². The van der Waals surface area contributed by atoms with Crippen molar-refractivity contribution in [3.8, 4) is 0 Å². The molecule has 1 aromatic carbocycles. The van der Waals surface area contributed by atoms with Crippen LogP contribution in [0, 0.1) is 0 Å². The standard InChI is InChI=1S/C15H24O/c1-6-12-7-13(11(2)10-16)9-14(8-12)15(3,4)5/h7-9,11,16H,6,10H2,1-5H3. The molecule has 0 aliphatic heterocycles. The fraction of sp³-hybridized carbons (Fsp3) is 0.600. The van der Waals surface area contributed by atoms with E-state index in [1.807, 2.05) is 0 Å². The molecule has 1 atom stereocenters. The molecule has 0 spiro atoms. The smallest absolute Gasteiger partial charge is 0.0497 e. The highest BCUT2D eigenvalue weighted by molar-refractivity contribution is 5.35. The van der Waals surface area contributed by atoms with Gasteiger partial charge in [-0.05, 0) is 28.5 Å². The van der Waals surface area contributed by atoms with Crippen LogP contribution < -0.4 is 0 Å². The molecular formula is C15H24O. The Kier molecular flexibility index (Phi) is 4.15. The molecule has 0 bridgehead atoms. The van der Waals surface area contributed by atoms with Gasteiger partial charge in [-0.1, -0.05) is 52.8 Å². The molecule has 0 aromatic heterocycles. The summed E-state index contributed by atoms with van der Waals surface area (Å²) >= 11 is 0. The summed E-state index contributed by atoms with van der Waals surface area (Å²) in [5, 5.41) is 9.25. The Hall–Kier alpha value is -0.820. The van der Waals surface area contributed by atoms with Gasteiger partial charge in [0.2, 0.25) is 0 Å². The van der Waals surface area contributed by atoms with Crippen molar-refractivity contribution in [1.82, 2.24) is 0 Å². The molecule has 0 heterocycles. The van der Waals surface area contributed by atoms with Gasteiger partial charge in [-0.2, -0.15) is 0 Å². The average molecular weight is 220 g/mol. The van der Waals surface area contributed by atoms with Crippen LogP contribution >= 0.6 is 0 Å². The summed E-state index contributed by atoms with van der Waals surface area (Å²) < 4.78 is 0. The average Bonchev–Trinajstić information content (AvgIpc) is 2.26. The van der Waals surface area contributed by atoms with Crippen molar-refractivity contribution < 1.29 is 5.11 Å². The third-order valence-corrected chi connectivity index (χ3v) is 3.13. The van der Waals surface area contributed by atoms with Crippen molar-refractivity contribution in [2.45, 2.75) is 52.4 Å². The molecule has 1 nitrogen and oxygen atoms in total. The highest BCUT2D eigenvalue weighted by Gasteiger charge is 2.16. The van der Waals surface area contributed by atoms with E-state index < -0.39 is 0 Å². The van der Waals surface area contributed by atoms with E-state index >= 15 is 0 Å². The fourth-order valence-corrected chi connectivity index (χ4v) is 1.75. The summed E-state index contributed by atoms with van der Waals surface area (Å²) in [5.74, 6) is 0.229. The first-order valence-corrected chi connectivity index (χ1v) is 6.13. The van der Waals surface area contributed by atoms with Crippen molar-refractivity contribution in [3.05, 3.63) is 34.9 Å². The SMILES string of the molecule is CCc1cc(C(C)CO)cc(C(C)(C)C)c1. The quantitative estimate of drug-likeness (QED) is 0.824. The van der Waals surface area contributed by atoms with Gasteiger partial charge in [0.15, 0.2) is 0 Å². The molecule has 1 N–H and O–H groups in total. The first-order valence-electron chi connectivity index (χ1n) is 6.13. The first-order chi connectivity index (χ1) is 7.38. The molecule has 0 fully saturated rings. The molecule has 1 unspecified atom stereocenters. The van der Waals surface area contributed by atoms with E-state index in [2.05, 4.69) is 52.8 Å². The molecule has 0 aliphatic carbocycles. The molecule has 0 saturated heterocycles. The summed E-state index contributed by atoms with van der Waals surface area (Å²) in [5.41, 5.74) is 4.16. The maximum absolute atomic E-state index is 9.25. The lowest BCUT2D eigenvalue weighted by Gasteiger charge is -2.22. The Bertz CT molecular complexity index is 347. The Balaban J connectivity index is 3.21. The number of rotatable bonds is 3. The molecule has 0 radical (unpaired) electrons. The number of aliphatic hydroxyl groups is 1. The van der Waals surface area contributed by atoms with E-state index in [9.17, 15) is 5.11 Å². The Labute approximate surface area is 99.5 Å². The number of hydrogen-bond donors (Lipinski definition) is 1. The maximum Gasteiger partial charge on any atom is 0.0497 e. The fourth-order valence-electron chi connectivity index (χ4n) is 1.75. The molecule has 0 aliphatic rings. The highest BCUT2D eigenvalue weighted by atomic mass is 16.3. The number of aryl methyl sites for hydroxylation is 1. The van der Waals surface area contributed by atoms with Crippen molar-refractivity contribution >= 4 is 0 Å². The van der Waals surface area contributed by atoms with Crippen LogP contribution in [-0.2, 0) is 11.8 Å². The summed E-state index contributed by atoms with van der Waals surface area (Å²) in [6.07, 6.45) is 1.05. The zero-order valence-corrected chi connectivity index (χ0v) is 11.2. The Morgan fingerprint density at radius 1 is 1.19 bits per heavy atom. The van der Waals surface area contributed by atoms with Crippen LogP contribution in [0.25, 0.3) is 0 Å². The molecule has 0 saturated carbocycles. The van der Waals surface area contributed by atoms with Crippen LogP contribution in [0.5, 0.6) is 0 Å². The van der Waals surface area contributed by atoms with Gasteiger partial charge in [-0.3, -0.25) is 0 Å². The molecule has 16 heavy (non-hydrogen) atoms. The molecule has 1 heteroatoms. The van der Waals surface area contributed by atoms with Gasteiger partial charge in [0, 0.05) is 12.5 Å². The maximum atomic E-state index is 9.25. The summed E-state index contributed by atoms with van der Waals surface area (Å²) in [6.45, 7) is 11.2. The predicted octanol–water partition coefficient (Wildman–Crippen LogP) is 3.64. The van der Waals surface area contributed by atoms with E-state index in [4.69, 9.17) is 0 Å². The largest absolute Gasteiger partial charge is 0.396 e. The Morgan fingerprint density at radius 3 is 2.25 bits per heavy atom. The van der Waals surface area contributed by atoms with Crippen LogP contribution in [0.4, 0.5) is 0 Å². The summed E-state index contributed by atoms with van der Waals surface area (Å²) in [7, 11) is 0. The van der Waals surface area contributed by atoms with Crippen molar-refractivity contribution in [1.29, 1.82) is 0 Å². The molecule has 1 rings (SSSR count). The number of aliphatic hydroxyl groups excluding tert-OH is 1. The highest BCUT2D eigenvalue weighted by Crippen LogP contribution is 2.27. The lowest BCUT2D eigenvalue weighted by Crippen LogP contribution is -2.13. The first kappa shape index (κ1) is 13.2. The molecule has 90 valence electrons. The van der Waals surface area contributed by atoms with Crippen LogP contribution in [0.2, 0.25) is 0 Å². The second-order valence-corrected chi connectivity index (χ2v) is 5.65. The van der Waals surface area contributed by atoms with Crippen LogP contribution in [-0.4, -0.2) is 11.7 Å². The zero-order valence-electron chi connectivity index (χ0n) is 11.2. The summed E-state index contributed by atoms with van der Waals surface area (Å²) in [4.78, 5) is 0. The zero-order chi connectivity index (χ0) is 12.3. The lowest BCUT2D eigenvalue weighted by atomic mass is 9.83. The lowest BCUT2D eigenvalue weighted by molar-refractivity contribution is 0.273. The molecule has 0 amide bonds. The third kappa shape index (κ3) is 3.08. The van der Waals surface area contributed by atoms with E-state index in [1.165, 1.54) is 16.7 Å². The van der Waals surface area contributed by atoms with Gasteiger partial charge in [0.25, 0.3) is 0 Å². The van der Waals surface area contributed by atoms with Gasteiger partial charge in [0.1, 0.15) is 0 Å². The van der Waals surface area contributed by atoms with E-state index in [0.29, 0.717) is 0 Å². The monoisotopic (exact) mass is 220 g/mol. The van der Waals surface area contributed by atoms with Gasteiger partial charge in [0.05, 0.1) is 0 Å². The van der Waals surface area contributed by atoms with E-state index in [-0.39, 0.29) is 17.9 Å². The Morgan fingerprint density at radius 2 is 1.81 bits per heavy atom. The topological polar surface area (TPSA) is 20.2 Å². The van der Waals surface area contributed by atoms with E-state index in [0.717, 1.165) is 6.42 Å². The minimum absolute atomic E-state index is 0.176. The molecule has 1 aromatic rings. The second kappa shape index (κ2) is 5.01. The van der Waals surface area contributed by atoms with Gasteiger partial charge in [-0.25, -0.2) is 0 Å². The minimum atomic E-state index is 0.176. The van der Waals surface area contributed by atoms with Gasteiger partial charge >= 0.3 is 0 Å². The second-order valence-electron chi connectivity index (χ2n) is 5.65.